The van der Waals surface area contributed by atoms with Gasteiger partial charge in [0.05, 0.1) is 13.2 Å². The molecule has 1 heterocycles. The zero-order valence-corrected chi connectivity index (χ0v) is 11.2. The molecular formula is C11H17ClN4O2. The van der Waals surface area contributed by atoms with E-state index < -0.39 is 6.04 Å². The van der Waals surface area contributed by atoms with Crippen molar-refractivity contribution in [3.63, 3.8) is 0 Å². The quantitative estimate of drug-likeness (QED) is 0.768. The minimum absolute atomic E-state index is 0.0938. The summed E-state index contributed by atoms with van der Waals surface area (Å²) in [5, 5.41) is 2.71. The van der Waals surface area contributed by atoms with Crippen molar-refractivity contribution in [2.75, 3.05) is 12.4 Å². The highest BCUT2D eigenvalue weighted by Gasteiger charge is 2.15. The molecule has 0 bridgehead atoms. The Labute approximate surface area is 111 Å². The number of hydrogen-bond acceptors (Lipinski definition) is 5. The number of anilines is 1. The van der Waals surface area contributed by atoms with E-state index in [4.69, 9.17) is 22.1 Å². The van der Waals surface area contributed by atoms with Crippen molar-refractivity contribution < 1.29 is 9.53 Å². The topological polar surface area (TPSA) is 90.1 Å². The number of unbranched alkanes of at least 4 members (excludes halogenated alkanes) is 1. The maximum Gasteiger partial charge on any atom is 0.243 e. The first-order chi connectivity index (χ1) is 8.56. The molecule has 7 heteroatoms. The average Bonchev–Trinajstić information content (AvgIpc) is 2.34. The monoisotopic (exact) mass is 272 g/mol. The Morgan fingerprint density at radius 2 is 2.33 bits per heavy atom. The van der Waals surface area contributed by atoms with Gasteiger partial charge in [0.25, 0.3) is 0 Å². The number of amides is 1. The first-order valence-corrected chi connectivity index (χ1v) is 6.09. The summed E-state index contributed by atoms with van der Waals surface area (Å²) in [5.41, 5.74) is 5.73. The Hall–Kier alpha value is -1.40. The second-order valence-corrected chi connectivity index (χ2v) is 4.18. The smallest absolute Gasteiger partial charge is 0.243 e. The lowest BCUT2D eigenvalue weighted by Gasteiger charge is -2.11. The zero-order valence-electron chi connectivity index (χ0n) is 10.4. The highest BCUT2D eigenvalue weighted by atomic mass is 35.5. The molecule has 1 atom stereocenters. The summed E-state index contributed by atoms with van der Waals surface area (Å²) in [6, 6.07) is 0.882. The third kappa shape index (κ3) is 4.46. The average molecular weight is 273 g/mol. The van der Waals surface area contributed by atoms with Crippen LogP contribution >= 0.6 is 11.6 Å². The number of nitrogens with one attached hydrogen (secondary N) is 1. The lowest BCUT2D eigenvalue weighted by Crippen LogP contribution is -2.36. The molecule has 1 rings (SSSR count). The van der Waals surface area contributed by atoms with E-state index in [2.05, 4.69) is 15.3 Å². The Morgan fingerprint density at radius 1 is 1.61 bits per heavy atom. The number of carbonyl (C=O) groups is 1. The predicted molar refractivity (Wildman–Crippen MR) is 69.7 cm³/mol. The highest BCUT2D eigenvalue weighted by molar-refractivity contribution is 6.29. The molecule has 0 aliphatic rings. The van der Waals surface area contributed by atoms with Gasteiger partial charge in [0, 0.05) is 6.07 Å². The van der Waals surface area contributed by atoms with Crippen LogP contribution in [-0.4, -0.2) is 29.0 Å². The van der Waals surface area contributed by atoms with Gasteiger partial charge in [-0.1, -0.05) is 31.4 Å². The fourth-order valence-corrected chi connectivity index (χ4v) is 1.49. The molecule has 0 radical (unpaired) electrons. The Bertz CT molecular complexity index is 414. The van der Waals surface area contributed by atoms with Crippen molar-refractivity contribution >= 4 is 23.5 Å². The van der Waals surface area contributed by atoms with E-state index in [-0.39, 0.29) is 22.9 Å². The molecule has 6 nitrogen and oxygen atoms in total. The van der Waals surface area contributed by atoms with Gasteiger partial charge in [-0.15, -0.1) is 0 Å². The van der Waals surface area contributed by atoms with E-state index in [1.165, 1.54) is 13.2 Å². The largest absolute Gasteiger partial charge is 0.481 e. The molecule has 0 fully saturated rings. The molecule has 0 spiro atoms. The van der Waals surface area contributed by atoms with Crippen LogP contribution in [0.1, 0.15) is 26.2 Å². The number of carbonyl (C=O) groups excluding carboxylic acids is 1. The summed E-state index contributed by atoms with van der Waals surface area (Å²) in [6.07, 6.45) is 2.51. The minimum atomic E-state index is -0.571. The van der Waals surface area contributed by atoms with Crippen LogP contribution in [0.3, 0.4) is 0 Å². The Morgan fingerprint density at radius 3 is 2.94 bits per heavy atom. The number of halogens is 1. The first-order valence-electron chi connectivity index (χ1n) is 5.71. The van der Waals surface area contributed by atoms with Gasteiger partial charge in [0.15, 0.2) is 0 Å². The minimum Gasteiger partial charge on any atom is -0.481 e. The molecular weight excluding hydrogens is 256 g/mol. The molecule has 1 amide bonds. The van der Waals surface area contributed by atoms with Crippen LogP contribution in [0.2, 0.25) is 5.15 Å². The van der Waals surface area contributed by atoms with Crippen LogP contribution in [0, 0.1) is 0 Å². The molecule has 1 aromatic rings. The summed E-state index contributed by atoms with van der Waals surface area (Å²) in [7, 11) is 1.46. The SMILES string of the molecule is CCCCC(N)C(=O)Nc1nc(Cl)cc(OC)n1. The van der Waals surface area contributed by atoms with E-state index in [0.717, 1.165) is 12.8 Å². The predicted octanol–water partition coefficient (Wildman–Crippen LogP) is 1.59. The van der Waals surface area contributed by atoms with E-state index in [0.29, 0.717) is 6.42 Å². The molecule has 0 aliphatic carbocycles. The highest BCUT2D eigenvalue weighted by Crippen LogP contribution is 2.15. The molecule has 18 heavy (non-hydrogen) atoms. The van der Waals surface area contributed by atoms with Crippen LogP contribution in [0.25, 0.3) is 0 Å². The van der Waals surface area contributed by atoms with Crippen LogP contribution in [0.15, 0.2) is 6.07 Å². The lowest BCUT2D eigenvalue weighted by molar-refractivity contribution is -0.117. The standard InChI is InChI=1S/C11H17ClN4O2/c1-3-4-5-7(13)10(17)16-11-14-8(12)6-9(15-11)18-2/h6-7H,3-5,13H2,1-2H3,(H,14,15,16,17). The number of methoxy groups -OCH3 is 1. The molecule has 1 unspecified atom stereocenters. The molecule has 0 aromatic carbocycles. The zero-order chi connectivity index (χ0) is 13.5. The summed E-state index contributed by atoms with van der Waals surface area (Å²) in [4.78, 5) is 19.5. The van der Waals surface area contributed by atoms with Crippen LogP contribution < -0.4 is 15.8 Å². The van der Waals surface area contributed by atoms with Crippen molar-refractivity contribution in [1.29, 1.82) is 0 Å². The van der Waals surface area contributed by atoms with Crippen LogP contribution in [-0.2, 0) is 4.79 Å². The fraction of sp³-hybridized carbons (Fsp3) is 0.545. The molecule has 0 saturated heterocycles. The second-order valence-electron chi connectivity index (χ2n) is 3.79. The van der Waals surface area contributed by atoms with Gasteiger partial charge < -0.3 is 10.5 Å². The van der Waals surface area contributed by atoms with Gasteiger partial charge in [0.1, 0.15) is 5.15 Å². The second kappa shape index (κ2) is 7.13. The van der Waals surface area contributed by atoms with Gasteiger partial charge in [-0.25, -0.2) is 4.98 Å². The maximum absolute atomic E-state index is 11.7. The van der Waals surface area contributed by atoms with Crippen molar-refractivity contribution in [3.8, 4) is 5.88 Å². The van der Waals surface area contributed by atoms with Gasteiger partial charge in [0.2, 0.25) is 17.7 Å². The fourth-order valence-electron chi connectivity index (χ4n) is 1.32. The van der Waals surface area contributed by atoms with Gasteiger partial charge in [-0.2, -0.15) is 4.98 Å². The van der Waals surface area contributed by atoms with E-state index in [1.54, 1.807) is 0 Å². The first kappa shape index (κ1) is 14.7. The molecule has 100 valence electrons. The number of hydrogen-bond donors (Lipinski definition) is 2. The number of aromatic nitrogens is 2. The number of nitrogens with two attached hydrogens (primary N) is 1. The molecule has 0 aliphatic heterocycles. The summed E-state index contributed by atoms with van der Waals surface area (Å²) < 4.78 is 4.92. The van der Waals surface area contributed by atoms with Crippen molar-refractivity contribution in [2.45, 2.75) is 32.2 Å². The summed E-state index contributed by atoms with van der Waals surface area (Å²) in [6.45, 7) is 2.04. The van der Waals surface area contributed by atoms with E-state index >= 15 is 0 Å². The molecule has 3 N–H and O–H groups in total. The van der Waals surface area contributed by atoms with Crippen LogP contribution in [0.4, 0.5) is 5.95 Å². The van der Waals surface area contributed by atoms with Crippen molar-refractivity contribution in [3.05, 3.63) is 11.2 Å². The number of rotatable bonds is 6. The Kier molecular flexibility index (Phi) is 5.80. The maximum atomic E-state index is 11.7. The molecule has 0 saturated carbocycles. The van der Waals surface area contributed by atoms with E-state index in [9.17, 15) is 4.79 Å². The summed E-state index contributed by atoms with van der Waals surface area (Å²) >= 11 is 5.76. The Balaban J connectivity index is 2.66. The molecule has 1 aromatic heterocycles. The van der Waals surface area contributed by atoms with Gasteiger partial charge in [-0.05, 0) is 6.42 Å². The van der Waals surface area contributed by atoms with Crippen molar-refractivity contribution in [1.82, 2.24) is 9.97 Å². The third-order valence-corrected chi connectivity index (χ3v) is 2.51. The summed E-state index contributed by atoms with van der Waals surface area (Å²) in [5.74, 6) is 0.0523. The normalized spacial score (nSPS) is 12.0. The van der Waals surface area contributed by atoms with Gasteiger partial charge >= 0.3 is 0 Å². The van der Waals surface area contributed by atoms with Gasteiger partial charge in [-0.3, -0.25) is 10.1 Å². The van der Waals surface area contributed by atoms with Crippen LogP contribution in [0.5, 0.6) is 5.88 Å². The van der Waals surface area contributed by atoms with E-state index in [1.807, 2.05) is 6.92 Å². The number of nitrogens with zero attached hydrogens (tertiary/aromatic N) is 2. The number of ether oxygens (including phenoxy) is 1. The third-order valence-electron chi connectivity index (χ3n) is 2.32. The lowest BCUT2D eigenvalue weighted by atomic mass is 10.1. The van der Waals surface area contributed by atoms with Crippen molar-refractivity contribution in [2.24, 2.45) is 5.73 Å².